The molecule has 3 nitrogen and oxygen atoms in total. The van der Waals surface area contributed by atoms with Crippen LogP contribution >= 0.6 is 0 Å². The van der Waals surface area contributed by atoms with Gasteiger partial charge in [0.2, 0.25) is 0 Å². The highest BCUT2D eigenvalue weighted by Crippen LogP contribution is 2.30. The first kappa shape index (κ1) is 11.5. The molecule has 1 aromatic heterocycles. The summed E-state index contributed by atoms with van der Waals surface area (Å²) in [7, 11) is 1.35. The third-order valence-corrected chi connectivity index (χ3v) is 2.51. The van der Waals surface area contributed by atoms with Gasteiger partial charge in [0.05, 0.1) is 7.11 Å². The van der Waals surface area contributed by atoms with Gasteiger partial charge in [-0.05, 0) is 11.6 Å². The number of aromatic nitrogens is 1. The Balaban J connectivity index is 2.44. The van der Waals surface area contributed by atoms with Crippen molar-refractivity contribution in [2.45, 2.75) is 6.10 Å². The third kappa shape index (κ3) is 2.26. The Kier molecular flexibility index (Phi) is 3.35. The van der Waals surface area contributed by atoms with Crippen molar-refractivity contribution in [3.8, 4) is 5.75 Å². The monoisotopic (exact) mass is 233 g/mol. The van der Waals surface area contributed by atoms with E-state index in [-0.39, 0.29) is 5.75 Å². The van der Waals surface area contributed by atoms with Gasteiger partial charge in [-0.15, -0.1) is 0 Å². The zero-order valence-corrected chi connectivity index (χ0v) is 9.30. The minimum Gasteiger partial charge on any atom is -0.492 e. The van der Waals surface area contributed by atoms with Gasteiger partial charge in [0.1, 0.15) is 6.10 Å². The minimum atomic E-state index is -0.927. The summed E-state index contributed by atoms with van der Waals surface area (Å²) in [6.45, 7) is 0. The maximum Gasteiger partial charge on any atom is 0.255 e. The van der Waals surface area contributed by atoms with Crippen molar-refractivity contribution in [2.24, 2.45) is 0 Å². The van der Waals surface area contributed by atoms with Crippen molar-refractivity contribution < 1.29 is 14.2 Å². The molecule has 0 aliphatic heterocycles. The van der Waals surface area contributed by atoms with Gasteiger partial charge in [0, 0.05) is 11.8 Å². The highest BCUT2D eigenvalue weighted by molar-refractivity contribution is 5.38. The normalized spacial score (nSPS) is 12.2. The number of nitrogens with zero attached hydrogens (tertiary/aromatic N) is 1. The minimum absolute atomic E-state index is 0.0242. The van der Waals surface area contributed by atoms with E-state index in [4.69, 9.17) is 4.74 Å². The number of benzene rings is 1. The number of hydrogen-bond donors (Lipinski definition) is 1. The Bertz CT molecular complexity index is 502. The molecule has 0 saturated carbocycles. The van der Waals surface area contributed by atoms with Gasteiger partial charge in [0.25, 0.3) is 5.95 Å². The van der Waals surface area contributed by atoms with Gasteiger partial charge in [-0.25, -0.2) is 4.98 Å². The topological polar surface area (TPSA) is 42.4 Å². The Morgan fingerprint density at radius 2 is 1.94 bits per heavy atom. The standard InChI is InChI=1S/C13H12FNO2/c1-17-12-10(7-8-15-13(12)14)11(16)9-5-3-2-4-6-9/h2-8,11,16H,1H3. The average Bonchev–Trinajstić information content (AvgIpc) is 2.38. The lowest BCUT2D eigenvalue weighted by atomic mass is 10.0. The molecule has 1 unspecified atom stereocenters. The van der Waals surface area contributed by atoms with Crippen LogP contribution in [0.25, 0.3) is 0 Å². The van der Waals surface area contributed by atoms with E-state index in [1.54, 1.807) is 18.2 Å². The number of hydrogen-bond acceptors (Lipinski definition) is 3. The van der Waals surface area contributed by atoms with Crippen molar-refractivity contribution in [1.29, 1.82) is 0 Å². The summed E-state index contributed by atoms with van der Waals surface area (Å²) < 4.78 is 18.3. The zero-order chi connectivity index (χ0) is 12.3. The van der Waals surface area contributed by atoms with E-state index >= 15 is 0 Å². The summed E-state index contributed by atoms with van der Waals surface area (Å²) in [5.74, 6) is -0.746. The van der Waals surface area contributed by atoms with Crippen molar-refractivity contribution in [3.05, 3.63) is 59.7 Å². The van der Waals surface area contributed by atoms with Gasteiger partial charge in [0.15, 0.2) is 5.75 Å². The second-order valence-electron chi connectivity index (χ2n) is 3.54. The molecule has 0 saturated heterocycles. The highest BCUT2D eigenvalue weighted by atomic mass is 19.1. The first-order valence-electron chi connectivity index (χ1n) is 5.15. The quantitative estimate of drug-likeness (QED) is 0.827. The average molecular weight is 233 g/mol. The molecule has 0 aliphatic rings. The molecule has 2 rings (SSSR count). The second-order valence-corrected chi connectivity index (χ2v) is 3.54. The first-order chi connectivity index (χ1) is 8.24. The third-order valence-electron chi connectivity index (χ3n) is 2.51. The van der Waals surface area contributed by atoms with Crippen molar-refractivity contribution >= 4 is 0 Å². The number of rotatable bonds is 3. The number of methoxy groups -OCH3 is 1. The lowest BCUT2D eigenvalue weighted by Crippen LogP contribution is -2.04. The van der Waals surface area contributed by atoms with Gasteiger partial charge in [-0.1, -0.05) is 30.3 Å². The first-order valence-corrected chi connectivity index (χ1v) is 5.15. The summed E-state index contributed by atoms with van der Waals surface area (Å²) in [6, 6.07) is 10.5. The van der Waals surface area contributed by atoms with Gasteiger partial charge < -0.3 is 9.84 Å². The molecule has 1 aromatic carbocycles. The van der Waals surface area contributed by atoms with Crippen LogP contribution in [0.1, 0.15) is 17.2 Å². The van der Waals surface area contributed by atoms with Gasteiger partial charge in [-0.2, -0.15) is 4.39 Å². The largest absolute Gasteiger partial charge is 0.492 e. The molecule has 0 fully saturated rings. The summed E-state index contributed by atoms with van der Waals surface area (Å²) in [4.78, 5) is 3.48. The van der Waals surface area contributed by atoms with E-state index in [9.17, 15) is 9.50 Å². The fourth-order valence-corrected chi connectivity index (χ4v) is 1.67. The molecule has 1 N–H and O–H groups in total. The van der Waals surface area contributed by atoms with Crippen LogP contribution in [0.4, 0.5) is 4.39 Å². The van der Waals surface area contributed by atoms with Crippen LogP contribution in [0.5, 0.6) is 5.75 Å². The maximum atomic E-state index is 13.4. The molecule has 0 amide bonds. The van der Waals surface area contributed by atoms with E-state index < -0.39 is 12.1 Å². The zero-order valence-electron chi connectivity index (χ0n) is 9.30. The molecule has 17 heavy (non-hydrogen) atoms. The van der Waals surface area contributed by atoms with Crippen molar-refractivity contribution in [1.82, 2.24) is 4.98 Å². The summed E-state index contributed by atoms with van der Waals surface area (Å²) >= 11 is 0. The van der Waals surface area contributed by atoms with Crippen LogP contribution in [0.2, 0.25) is 0 Å². The smallest absolute Gasteiger partial charge is 0.255 e. The molecule has 1 heterocycles. The Hall–Kier alpha value is -1.94. The Morgan fingerprint density at radius 1 is 1.24 bits per heavy atom. The van der Waals surface area contributed by atoms with Gasteiger partial charge >= 0.3 is 0 Å². The number of pyridine rings is 1. The van der Waals surface area contributed by atoms with Crippen molar-refractivity contribution in [2.75, 3.05) is 7.11 Å². The van der Waals surface area contributed by atoms with E-state index in [0.29, 0.717) is 11.1 Å². The molecule has 88 valence electrons. The van der Waals surface area contributed by atoms with E-state index in [0.717, 1.165) is 0 Å². The molecule has 0 radical (unpaired) electrons. The number of halogens is 1. The van der Waals surface area contributed by atoms with Crippen LogP contribution in [0.3, 0.4) is 0 Å². The van der Waals surface area contributed by atoms with E-state index in [1.807, 2.05) is 18.2 Å². The summed E-state index contributed by atoms with van der Waals surface area (Å²) in [6.07, 6.45) is 0.378. The lowest BCUT2D eigenvalue weighted by molar-refractivity contribution is 0.212. The molecule has 4 heteroatoms. The predicted molar refractivity (Wildman–Crippen MR) is 61.3 cm³/mol. The number of aliphatic hydroxyl groups excluding tert-OH is 1. The molecule has 0 aliphatic carbocycles. The van der Waals surface area contributed by atoms with E-state index in [1.165, 1.54) is 13.3 Å². The highest BCUT2D eigenvalue weighted by Gasteiger charge is 2.18. The van der Waals surface area contributed by atoms with Crippen molar-refractivity contribution in [3.63, 3.8) is 0 Å². The van der Waals surface area contributed by atoms with Crippen LogP contribution in [-0.4, -0.2) is 17.2 Å². The van der Waals surface area contributed by atoms with Crippen LogP contribution in [-0.2, 0) is 0 Å². The SMILES string of the molecule is COc1c(C(O)c2ccccc2)ccnc1F. The van der Waals surface area contributed by atoms with Crippen LogP contribution in [0, 0.1) is 5.95 Å². The summed E-state index contributed by atoms with van der Waals surface area (Å²) in [5.41, 5.74) is 1.04. The second kappa shape index (κ2) is 4.93. The van der Waals surface area contributed by atoms with E-state index in [2.05, 4.69) is 4.98 Å². The fraction of sp³-hybridized carbons (Fsp3) is 0.154. The molecule has 2 aromatic rings. The number of aliphatic hydroxyl groups is 1. The molecule has 0 spiro atoms. The summed E-state index contributed by atoms with van der Waals surface area (Å²) in [5, 5.41) is 10.2. The molecular weight excluding hydrogens is 221 g/mol. The Morgan fingerprint density at radius 3 is 2.59 bits per heavy atom. The Labute approximate surface area is 98.5 Å². The lowest BCUT2D eigenvalue weighted by Gasteiger charge is -2.14. The van der Waals surface area contributed by atoms with Crippen LogP contribution < -0.4 is 4.74 Å². The predicted octanol–water partition coefficient (Wildman–Crippen LogP) is 2.31. The molecule has 0 bridgehead atoms. The maximum absolute atomic E-state index is 13.4. The fourth-order valence-electron chi connectivity index (χ4n) is 1.67. The molecular formula is C13H12FNO2. The molecule has 1 atom stereocenters. The number of ether oxygens (including phenoxy) is 1. The van der Waals surface area contributed by atoms with Crippen LogP contribution in [0.15, 0.2) is 42.6 Å². The van der Waals surface area contributed by atoms with Gasteiger partial charge in [-0.3, -0.25) is 0 Å².